The third-order valence-corrected chi connectivity index (χ3v) is 2.74. The third kappa shape index (κ3) is 2.14. The Morgan fingerprint density at radius 2 is 2.18 bits per heavy atom. The van der Waals surface area contributed by atoms with Crippen LogP contribution in [0.2, 0.25) is 0 Å². The van der Waals surface area contributed by atoms with E-state index in [1.54, 1.807) is 0 Å². The van der Waals surface area contributed by atoms with E-state index in [4.69, 9.17) is 15.1 Å². The van der Waals surface area contributed by atoms with Gasteiger partial charge in [0.2, 0.25) is 0 Å². The molecule has 0 amide bonds. The topological polar surface area (TPSA) is 107 Å². The average molecular weight is 236 g/mol. The Morgan fingerprint density at radius 3 is 2.76 bits per heavy atom. The van der Waals surface area contributed by atoms with Crippen molar-refractivity contribution in [2.45, 2.75) is 24.4 Å². The number of nitrogens with zero attached hydrogens (tertiary/aromatic N) is 2. The zero-order chi connectivity index (χ0) is 12.4. The van der Waals surface area contributed by atoms with Crippen LogP contribution in [0.1, 0.15) is 17.4 Å². The Bertz CT molecular complexity index is 445. The van der Waals surface area contributed by atoms with Gasteiger partial charge in [0.25, 0.3) is 0 Å². The van der Waals surface area contributed by atoms with Gasteiger partial charge in [0.15, 0.2) is 0 Å². The molecule has 0 bridgehead atoms. The first kappa shape index (κ1) is 12.0. The molecule has 1 aliphatic rings. The molecule has 0 spiro atoms. The highest BCUT2D eigenvalue weighted by Gasteiger charge is 2.43. The van der Waals surface area contributed by atoms with Gasteiger partial charge in [-0.3, -0.25) is 4.98 Å². The van der Waals surface area contributed by atoms with Gasteiger partial charge in [-0.05, 0) is 12.1 Å². The van der Waals surface area contributed by atoms with Crippen LogP contribution >= 0.6 is 0 Å². The molecule has 90 valence electrons. The smallest absolute Gasteiger partial charge is 0.128 e. The summed E-state index contributed by atoms with van der Waals surface area (Å²) in [5, 5.41) is 37.1. The fraction of sp³-hybridized carbons (Fsp3) is 0.455. The second kappa shape index (κ2) is 4.77. The summed E-state index contributed by atoms with van der Waals surface area (Å²) >= 11 is 0. The van der Waals surface area contributed by atoms with Crippen molar-refractivity contribution in [1.29, 1.82) is 5.26 Å². The molecule has 1 aromatic heterocycles. The molecule has 2 heterocycles. The lowest BCUT2D eigenvalue weighted by atomic mass is 10.0. The van der Waals surface area contributed by atoms with Crippen molar-refractivity contribution >= 4 is 0 Å². The summed E-state index contributed by atoms with van der Waals surface area (Å²) in [6.07, 6.45) is -2.54. The number of rotatable bonds is 2. The predicted octanol–water partition coefficient (Wildman–Crippen LogP) is -0.893. The molecule has 6 nitrogen and oxygen atoms in total. The van der Waals surface area contributed by atoms with Gasteiger partial charge >= 0.3 is 0 Å². The van der Waals surface area contributed by atoms with Crippen LogP contribution in [0, 0.1) is 11.3 Å². The molecule has 6 heteroatoms. The third-order valence-electron chi connectivity index (χ3n) is 2.74. The zero-order valence-electron chi connectivity index (χ0n) is 8.89. The second-order valence-corrected chi connectivity index (χ2v) is 3.84. The van der Waals surface area contributed by atoms with Gasteiger partial charge in [0.1, 0.15) is 24.4 Å². The van der Waals surface area contributed by atoms with Gasteiger partial charge in [-0.15, -0.1) is 0 Å². The van der Waals surface area contributed by atoms with Crippen LogP contribution in [-0.2, 0) is 4.74 Å². The zero-order valence-corrected chi connectivity index (χ0v) is 8.89. The maximum absolute atomic E-state index is 9.77. The van der Waals surface area contributed by atoms with Crippen molar-refractivity contribution < 1.29 is 20.1 Å². The van der Waals surface area contributed by atoms with E-state index in [2.05, 4.69) is 4.98 Å². The minimum absolute atomic E-state index is 0.367. The molecule has 1 aromatic rings. The van der Waals surface area contributed by atoms with Crippen molar-refractivity contribution in [3.05, 3.63) is 29.6 Å². The minimum atomic E-state index is -1.16. The van der Waals surface area contributed by atoms with Gasteiger partial charge in [-0.2, -0.15) is 5.26 Å². The lowest BCUT2D eigenvalue weighted by Gasteiger charge is -2.13. The predicted molar refractivity (Wildman–Crippen MR) is 55.7 cm³/mol. The summed E-state index contributed by atoms with van der Waals surface area (Å²) in [4.78, 5) is 3.99. The van der Waals surface area contributed by atoms with Crippen molar-refractivity contribution in [2.24, 2.45) is 0 Å². The number of pyridine rings is 1. The van der Waals surface area contributed by atoms with Gasteiger partial charge in [0.05, 0.1) is 23.9 Å². The summed E-state index contributed by atoms with van der Waals surface area (Å²) in [6.45, 7) is -0.382. The first-order valence-corrected chi connectivity index (χ1v) is 5.16. The van der Waals surface area contributed by atoms with E-state index in [0.717, 1.165) is 0 Å². The van der Waals surface area contributed by atoms with Gasteiger partial charge in [0, 0.05) is 6.20 Å². The summed E-state index contributed by atoms with van der Waals surface area (Å²) in [6, 6.07) is 4.97. The Kier molecular flexibility index (Phi) is 3.36. The number of aliphatic hydroxyl groups excluding tert-OH is 3. The lowest BCUT2D eigenvalue weighted by molar-refractivity contribution is -0.0239. The molecule has 0 unspecified atom stereocenters. The Labute approximate surface area is 97.7 Å². The monoisotopic (exact) mass is 236 g/mol. The van der Waals surface area contributed by atoms with E-state index in [9.17, 15) is 10.2 Å². The first-order chi connectivity index (χ1) is 8.17. The van der Waals surface area contributed by atoms with Crippen LogP contribution < -0.4 is 0 Å². The van der Waals surface area contributed by atoms with Gasteiger partial charge in [-0.1, -0.05) is 0 Å². The van der Waals surface area contributed by atoms with Crippen LogP contribution in [0.4, 0.5) is 0 Å². The maximum Gasteiger partial charge on any atom is 0.128 e. The van der Waals surface area contributed by atoms with Crippen LogP contribution in [0.15, 0.2) is 18.3 Å². The summed E-state index contributed by atoms with van der Waals surface area (Å²) in [5.41, 5.74) is 0.763. The summed E-state index contributed by atoms with van der Waals surface area (Å²) < 4.78 is 5.30. The number of nitriles is 1. The summed E-state index contributed by atoms with van der Waals surface area (Å²) in [7, 11) is 0. The van der Waals surface area contributed by atoms with E-state index in [0.29, 0.717) is 11.3 Å². The van der Waals surface area contributed by atoms with Crippen LogP contribution in [-0.4, -0.2) is 45.2 Å². The molecule has 17 heavy (non-hydrogen) atoms. The number of hydrogen-bond donors (Lipinski definition) is 3. The number of aromatic nitrogens is 1. The molecular formula is C11H12N2O4. The lowest BCUT2D eigenvalue weighted by Crippen LogP contribution is -2.32. The molecule has 0 aromatic carbocycles. The van der Waals surface area contributed by atoms with E-state index >= 15 is 0 Å². The molecule has 0 radical (unpaired) electrons. The molecule has 1 aliphatic heterocycles. The van der Waals surface area contributed by atoms with E-state index in [1.807, 2.05) is 6.07 Å². The standard InChI is InChI=1S/C11H12N2O4/c12-4-6-1-2-13-7(3-6)11-10(16)9(15)8(5-14)17-11/h1-3,8-11,14-16H,5H2/t8-,9-,10-,11+/m1/s1. The fourth-order valence-corrected chi connectivity index (χ4v) is 1.82. The first-order valence-electron chi connectivity index (χ1n) is 5.16. The highest BCUT2D eigenvalue weighted by atomic mass is 16.6. The average Bonchev–Trinajstić information content (AvgIpc) is 2.66. The Balaban J connectivity index is 2.26. The maximum atomic E-state index is 9.77. The molecule has 3 N–H and O–H groups in total. The molecule has 1 saturated heterocycles. The molecule has 2 rings (SSSR count). The fourth-order valence-electron chi connectivity index (χ4n) is 1.82. The largest absolute Gasteiger partial charge is 0.394 e. The van der Waals surface area contributed by atoms with E-state index in [1.165, 1.54) is 18.3 Å². The quantitative estimate of drug-likeness (QED) is 0.614. The van der Waals surface area contributed by atoms with Crippen molar-refractivity contribution in [1.82, 2.24) is 4.98 Å². The van der Waals surface area contributed by atoms with E-state index in [-0.39, 0.29) is 6.61 Å². The molecule has 1 fully saturated rings. The van der Waals surface area contributed by atoms with Gasteiger partial charge in [-0.25, -0.2) is 0 Å². The van der Waals surface area contributed by atoms with E-state index < -0.39 is 24.4 Å². The highest BCUT2D eigenvalue weighted by molar-refractivity contribution is 5.30. The molecular weight excluding hydrogens is 224 g/mol. The number of aliphatic hydroxyl groups is 3. The molecule has 0 aliphatic carbocycles. The molecule has 0 saturated carbocycles. The number of hydrogen-bond acceptors (Lipinski definition) is 6. The van der Waals surface area contributed by atoms with Gasteiger partial charge < -0.3 is 20.1 Å². The number of ether oxygens (including phenoxy) is 1. The molecule has 4 atom stereocenters. The van der Waals surface area contributed by atoms with Crippen molar-refractivity contribution in [3.63, 3.8) is 0 Å². The Hall–Kier alpha value is -1.52. The second-order valence-electron chi connectivity index (χ2n) is 3.84. The summed E-state index contributed by atoms with van der Waals surface area (Å²) in [5.74, 6) is 0. The van der Waals surface area contributed by atoms with Crippen molar-refractivity contribution in [3.8, 4) is 6.07 Å². The SMILES string of the molecule is N#Cc1ccnc([C@@H]2O[C@H](CO)[C@@H](O)[C@H]2O)c1. The minimum Gasteiger partial charge on any atom is -0.394 e. The van der Waals surface area contributed by atoms with Crippen LogP contribution in [0.3, 0.4) is 0 Å². The highest BCUT2D eigenvalue weighted by Crippen LogP contribution is 2.32. The van der Waals surface area contributed by atoms with Crippen LogP contribution in [0.25, 0.3) is 0 Å². The van der Waals surface area contributed by atoms with Crippen molar-refractivity contribution in [2.75, 3.05) is 6.61 Å². The normalized spacial score (nSPS) is 32.4. The van der Waals surface area contributed by atoms with Crippen LogP contribution in [0.5, 0.6) is 0 Å². The Morgan fingerprint density at radius 1 is 1.41 bits per heavy atom.